The number of fused-ring (bicyclic) bond motifs is 1. The highest BCUT2D eigenvalue weighted by Crippen LogP contribution is 2.17. The third-order valence-electron chi connectivity index (χ3n) is 6.00. The van der Waals surface area contributed by atoms with E-state index < -0.39 is 45.5 Å². The van der Waals surface area contributed by atoms with Gasteiger partial charge in [-0.05, 0) is 24.1 Å². The first-order chi connectivity index (χ1) is 18.3. The van der Waals surface area contributed by atoms with Crippen LogP contribution in [0.25, 0.3) is 11.1 Å². The fourth-order valence-electron chi connectivity index (χ4n) is 4.05. The number of alkyl carbamates (subject to hydrolysis) is 1. The van der Waals surface area contributed by atoms with E-state index in [-0.39, 0.29) is 31.2 Å². The summed E-state index contributed by atoms with van der Waals surface area (Å²) in [5, 5.41) is 2.43. The van der Waals surface area contributed by atoms with E-state index in [4.69, 9.17) is 13.9 Å². The maximum Gasteiger partial charge on any atom is 0.408 e. The van der Waals surface area contributed by atoms with Gasteiger partial charge < -0.3 is 24.1 Å². The standard InChI is InChI=1S/C26H29N3O8S/c1-2-19(23(30)24-27-20-10-6-7-11-21(20)36-24)28-26(32)37-22(25(31)29-12-14-35-15-13-29)17-38(33,34)16-18-8-4-3-5-9-18/h3-11,19,22H,2,12-17H2,1H3,(H,28,32)/t19-,22-/m0/s1. The van der Waals surface area contributed by atoms with Gasteiger partial charge in [0.05, 0.1) is 24.7 Å². The highest BCUT2D eigenvalue weighted by atomic mass is 32.2. The number of ketones is 1. The highest BCUT2D eigenvalue weighted by Gasteiger charge is 2.35. The van der Waals surface area contributed by atoms with Crippen molar-refractivity contribution < 1.29 is 36.7 Å². The Labute approximate surface area is 220 Å². The van der Waals surface area contributed by atoms with Gasteiger partial charge in [0.1, 0.15) is 11.6 Å². The molecule has 38 heavy (non-hydrogen) atoms. The molecule has 3 aromatic rings. The number of nitrogens with zero attached hydrogens (tertiary/aromatic N) is 2. The molecule has 2 aromatic carbocycles. The van der Waals surface area contributed by atoms with Crippen LogP contribution in [0.2, 0.25) is 0 Å². The third-order valence-corrected chi connectivity index (χ3v) is 7.59. The Morgan fingerprint density at radius 1 is 1.05 bits per heavy atom. The molecule has 1 aromatic heterocycles. The molecule has 1 aliphatic rings. The minimum atomic E-state index is -3.85. The van der Waals surface area contributed by atoms with Gasteiger partial charge in [-0.25, -0.2) is 18.2 Å². The number of nitrogens with one attached hydrogen (secondary N) is 1. The molecular weight excluding hydrogens is 514 g/mol. The second-order valence-electron chi connectivity index (χ2n) is 8.83. The Morgan fingerprint density at radius 3 is 2.42 bits per heavy atom. The van der Waals surface area contributed by atoms with Crippen LogP contribution < -0.4 is 5.32 Å². The second kappa shape index (κ2) is 12.2. The number of Topliss-reactive ketones (excluding diaryl/α,β-unsaturated/α-hetero) is 1. The number of rotatable bonds is 10. The number of carbonyl (C=O) groups excluding carboxylic acids is 3. The lowest BCUT2D eigenvalue weighted by Gasteiger charge is -2.30. The Bertz CT molecular complexity index is 1350. The van der Waals surface area contributed by atoms with Crippen LogP contribution in [0.1, 0.15) is 29.6 Å². The fourth-order valence-corrected chi connectivity index (χ4v) is 5.54. The molecule has 0 bridgehead atoms. The van der Waals surface area contributed by atoms with Crippen molar-refractivity contribution in [3.05, 3.63) is 66.1 Å². The van der Waals surface area contributed by atoms with E-state index in [1.165, 1.54) is 4.90 Å². The van der Waals surface area contributed by atoms with Crippen molar-refractivity contribution in [3.8, 4) is 0 Å². The summed E-state index contributed by atoms with van der Waals surface area (Å²) in [7, 11) is -3.85. The molecule has 0 unspecified atom stereocenters. The zero-order valence-electron chi connectivity index (χ0n) is 20.9. The summed E-state index contributed by atoms with van der Waals surface area (Å²) in [6, 6.07) is 14.3. The van der Waals surface area contributed by atoms with E-state index in [1.54, 1.807) is 61.5 Å². The van der Waals surface area contributed by atoms with Gasteiger partial charge in [0, 0.05) is 13.1 Å². The van der Waals surface area contributed by atoms with Crippen LogP contribution in [0.5, 0.6) is 0 Å². The quantitative estimate of drug-likeness (QED) is 0.381. The van der Waals surface area contributed by atoms with Crippen LogP contribution in [0, 0.1) is 0 Å². The number of carbonyl (C=O) groups is 3. The van der Waals surface area contributed by atoms with Crippen LogP contribution in [0.4, 0.5) is 4.79 Å². The number of morpholine rings is 1. The van der Waals surface area contributed by atoms with Crippen LogP contribution in [-0.2, 0) is 29.9 Å². The average molecular weight is 544 g/mol. The Kier molecular flexibility index (Phi) is 8.74. The minimum Gasteiger partial charge on any atom is -0.435 e. The van der Waals surface area contributed by atoms with E-state index >= 15 is 0 Å². The van der Waals surface area contributed by atoms with Gasteiger partial charge in [-0.1, -0.05) is 49.4 Å². The lowest BCUT2D eigenvalue weighted by Crippen LogP contribution is -2.51. The molecule has 12 heteroatoms. The van der Waals surface area contributed by atoms with Gasteiger partial charge in [-0.15, -0.1) is 0 Å². The number of sulfone groups is 1. The van der Waals surface area contributed by atoms with Gasteiger partial charge in [0.25, 0.3) is 11.8 Å². The molecule has 1 aliphatic heterocycles. The van der Waals surface area contributed by atoms with Crippen molar-refractivity contribution in [1.82, 2.24) is 15.2 Å². The van der Waals surface area contributed by atoms with Crippen molar-refractivity contribution >= 4 is 38.7 Å². The molecule has 0 radical (unpaired) electrons. The summed E-state index contributed by atoms with van der Waals surface area (Å²) in [5.74, 6) is -2.42. The van der Waals surface area contributed by atoms with Crippen LogP contribution in [0.15, 0.2) is 59.0 Å². The minimum absolute atomic E-state index is 0.176. The number of oxazole rings is 1. The summed E-state index contributed by atoms with van der Waals surface area (Å²) in [6.07, 6.45) is -2.51. The number of amides is 2. The van der Waals surface area contributed by atoms with Crippen molar-refractivity contribution in [3.63, 3.8) is 0 Å². The van der Waals surface area contributed by atoms with E-state index in [0.717, 1.165) is 0 Å². The van der Waals surface area contributed by atoms with E-state index in [9.17, 15) is 22.8 Å². The number of benzene rings is 2. The van der Waals surface area contributed by atoms with E-state index in [0.29, 0.717) is 29.9 Å². The van der Waals surface area contributed by atoms with Crippen molar-refractivity contribution in [2.45, 2.75) is 31.2 Å². The normalized spacial score (nSPS) is 15.6. The summed E-state index contributed by atoms with van der Waals surface area (Å²) in [5.41, 5.74) is 1.46. The highest BCUT2D eigenvalue weighted by molar-refractivity contribution is 7.90. The topological polar surface area (TPSA) is 145 Å². The Morgan fingerprint density at radius 2 is 1.74 bits per heavy atom. The molecule has 1 N–H and O–H groups in total. The smallest absolute Gasteiger partial charge is 0.408 e. The number of aromatic nitrogens is 1. The Hall–Kier alpha value is -3.77. The maximum atomic E-state index is 13.2. The van der Waals surface area contributed by atoms with Crippen LogP contribution in [0.3, 0.4) is 0 Å². The van der Waals surface area contributed by atoms with E-state index in [1.807, 2.05) is 0 Å². The van der Waals surface area contributed by atoms with Crippen molar-refractivity contribution in [2.75, 3.05) is 32.1 Å². The summed E-state index contributed by atoms with van der Waals surface area (Å²) >= 11 is 0. The lowest BCUT2D eigenvalue weighted by atomic mass is 10.1. The number of hydrogen-bond acceptors (Lipinski definition) is 9. The van der Waals surface area contributed by atoms with Crippen molar-refractivity contribution in [1.29, 1.82) is 0 Å². The molecule has 1 saturated heterocycles. The van der Waals surface area contributed by atoms with Gasteiger partial charge >= 0.3 is 6.09 Å². The zero-order chi connectivity index (χ0) is 27.1. The zero-order valence-corrected chi connectivity index (χ0v) is 21.7. The molecular formula is C26H29N3O8S. The summed E-state index contributed by atoms with van der Waals surface area (Å²) < 4.78 is 42.0. The molecule has 4 rings (SSSR count). The molecule has 0 saturated carbocycles. The molecule has 2 atom stereocenters. The molecule has 202 valence electrons. The predicted octanol–water partition coefficient (Wildman–Crippen LogP) is 2.36. The van der Waals surface area contributed by atoms with Gasteiger partial charge in [-0.3, -0.25) is 9.59 Å². The molecule has 0 aliphatic carbocycles. The third kappa shape index (κ3) is 6.95. The van der Waals surface area contributed by atoms with Crippen LogP contribution in [-0.4, -0.2) is 80.3 Å². The molecule has 2 heterocycles. The number of hydrogen-bond donors (Lipinski definition) is 1. The lowest BCUT2D eigenvalue weighted by molar-refractivity contribution is -0.143. The summed E-state index contributed by atoms with van der Waals surface area (Å²) in [4.78, 5) is 44.6. The van der Waals surface area contributed by atoms with Gasteiger partial charge in [0.15, 0.2) is 21.5 Å². The first-order valence-corrected chi connectivity index (χ1v) is 14.1. The van der Waals surface area contributed by atoms with Crippen molar-refractivity contribution in [2.24, 2.45) is 0 Å². The Balaban J connectivity index is 1.47. The largest absolute Gasteiger partial charge is 0.435 e. The first-order valence-electron chi connectivity index (χ1n) is 12.2. The molecule has 11 nitrogen and oxygen atoms in total. The van der Waals surface area contributed by atoms with Gasteiger partial charge in [-0.2, -0.15) is 0 Å². The average Bonchev–Trinajstić information content (AvgIpc) is 3.35. The SMILES string of the molecule is CC[C@H](NC(=O)O[C@@H](CS(=O)(=O)Cc1ccccc1)C(=O)N1CCOCC1)C(=O)c1nc2ccccc2o1. The van der Waals surface area contributed by atoms with Gasteiger partial charge in [0.2, 0.25) is 5.78 Å². The second-order valence-corrected chi connectivity index (χ2v) is 10.9. The first kappa shape index (κ1) is 27.3. The molecule has 2 amide bonds. The fraction of sp³-hybridized carbons (Fsp3) is 0.385. The summed E-state index contributed by atoms with van der Waals surface area (Å²) in [6.45, 7) is 2.74. The van der Waals surface area contributed by atoms with Crippen LogP contribution >= 0.6 is 0 Å². The van der Waals surface area contributed by atoms with E-state index in [2.05, 4.69) is 10.3 Å². The number of ether oxygens (including phenoxy) is 2. The molecule has 0 spiro atoms. The maximum absolute atomic E-state index is 13.2. The number of para-hydroxylation sites is 2. The predicted molar refractivity (Wildman–Crippen MR) is 137 cm³/mol. The monoisotopic (exact) mass is 543 g/mol. The molecule has 1 fully saturated rings.